The van der Waals surface area contributed by atoms with E-state index in [4.69, 9.17) is 0 Å². The molecule has 1 aromatic heterocycles. The van der Waals surface area contributed by atoms with Gasteiger partial charge in [-0.25, -0.2) is 9.13 Å². The average Bonchev–Trinajstić information content (AvgIpc) is 3.08. The summed E-state index contributed by atoms with van der Waals surface area (Å²) in [6, 6.07) is 0. The Labute approximate surface area is 170 Å². The Morgan fingerprint density at radius 1 is 0.704 bits per heavy atom. The molecular weight excluding hydrogens is 328 g/mol. The molecular formula is C25H49N2+. The first kappa shape index (κ1) is 24.2. The Morgan fingerprint density at radius 3 is 1.56 bits per heavy atom. The zero-order valence-corrected chi connectivity index (χ0v) is 19.1. The van der Waals surface area contributed by atoms with Gasteiger partial charge in [-0.15, -0.1) is 0 Å². The van der Waals surface area contributed by atoms with Crippen molar-refractivity contribution in [1.82, 2.24) is 4.57 Å². The summed E-state index contributed by atoms with van der Waals surface area (Å²) in [4.78, 5) is 0. The van der Waals surface area contributed by atoms with Crippen molar-refractivity contribution in [1.29, 1.82) is 0 Å². The van der Waals surface area contributed by atoms with Crippen LogP contribution in [0.2, 0.25) is 0 Å². The molecule has 2 nitrogen and oxygen atoms in total. The molecule has 0 unspecified atom stereocenters. The van der Waals surface area contributed by atoms with E-state index < -0.39 is 0 Å². The van der Waals surface area contributed by atoms with Gasteiger partial charge in [0.1, 0.15) is 12.4 Å². The molecule has 1 rings (SSSR count). The van der Waals surface area contributed by atoms with Crippen LogP contribution in [0.5, 0.6) is 0 Å². The molecule has 0 aromatic carbocycles. The van der Waals surface area contributed by atoms with Crippen LogP contribution in [0.25, 0.3) is 0 Å². The molecule has 1 aromatic rings. The van der Waals surface area contributed by atoms with E-state index in [1.165, 1.54) is 109 Å². The van der Waals surface area contributed by atoms with Crippen molar-refractivity contribution in [2.45, 2.75) is 143 Å². The highest BCUT2D eigenvalue weighted by molar-refractivity contribution is 4.89. The quantitative estimate of drug-likeness (QED) is 0.182. The molecule has 0 fully saturated rings. The molecule has 0 aliphatic rings. The third kappa shape index (κ3) is 11.0. The molecule has 0 atom stereocenters. The van der Waals surface area contributed by atoms with E-state index in [1.54, 1.807) is 0 Å². The lowest BCUT2D eigenvalue weighted by atomic mass is 10.0. The number of aromatic nitrogens is 2. The van der Waals surface area contributed by atoms with E-state index in [-0.39, 0.29) is 0 Å². The van der Waals surface area contributed by atoms with Gasteiger partial charge in [-0.1, -0.05) is 104 Å². The molecule has 27 heavy (non-hydrogen) atoms. The molecule has 0 saturated carbocycles. The van der Waals surface area contributed by atoms with Crippen molar-refractivity contribution in [3.05, 3.63) is 18.2 Å². The Bertz CT molecular complexity index is 447. The second-order valence-electron chi connectivity index (χ2n) is 8.74. The summed E-state index contributed by atoms with van der Waals surface area (Å²) in [7, 11) is 0. The third-order valence-electron chi connectivity index (χ3n) is 5.87. The molecule has 1 heterocycles. The van der Waals surface area contributed by atoms with Crippen molar-refractivity contribution in [2.75, 3.05) is 0 Å². The predicted octanol–water partition coefficient (Wildman–Crippen LogP) is 7.79. The Balaban J connectivity index is 1.92. The molecule has 0 radical (unpaired) electrons. The standard InChI is InChI=1S/C25H49N2/c1-5-7-8-9-10-11-12-13-14-15-16-17-18-19-20-21-27-23-22-26(6-2)25(27)24(3)4/h22-24H,5-21H2,1-4H3/q+1. The number of hydrogen-bond acceptors (Lipinski definition) is 0. The lowest BCUT2D eigenvalue weighted by Crippen LogP contribution is -2.38. The molecule has 0 aliphatic carbocycles. The van der Waals surface area contributed by atoms with Crippen molar-refractivity contribution in [3.63, 3.8) is 0 Å². The van der Waals surface area contributed by atoms with Gasteiger partial charge in [-0.3, -0.25) is 0 Å². The predicted molar refractivity (Wildman–Crippen MR) is 119 cm³/mol. The monoisotopic (exact) mass is 377 g/mol. The first-order valence-electron chi connectivity index (χ1n) is 12.3. The maximum atomic E-state index is 2.48. The largest absolute Gasteiger partial charge is 0.258 e. The van der Waals surface area contributed by atoms with Gasteiger partial charge in [0.15, 0.2) is 0 Å². The fourth-order valence-electron chi connectivity index (χ4n) is 4.25. The van der Waals surface area contributed by atoms with Crippen molar-refractivity contribution >= 4 is 0 Å². The van der Waals surface area contributed by atoms with Gasteiger partial charge < -0.3 is 0 Å². The fourth-order valence-corrected chi connectivity index (χ4v) is 4.25. The van der Waals surface area contributed by atoms with Gasteiger partial charge in [-0.05, 0) is 19.8 Å². The molecule has 0 N–H and O–H groups in total. The second kappa shape index (κ2) is 16.2. The van der Waals surface area contributed by atoms with Crippen LogP contribution in [-0.4, -0.2) is 4.57 Å². The summed E-state index contributed by atoms with van der Waals surface area (Å²) >= 11 is 0. The van der Waals surface area contributed by atoms with Gasteiger partial charge in [0.25, 0.3) is 5.82 Å². The second-order valence-corrected chi connectivity index (χ2v) is 8.74. The number of unbranched alkanes of at least 4 members (excludes halogenated alkanes) is 14. The minimum Gasteiger partial charge on any atom is -0.234 e. The first-order chi connectivity index (χ1) is 13.2. The summed E-state index contributed by atoms with van der Waals surface area (Å²) < 4.78 is 4.88. The van der Waals surface area contributed by atoms with Crippen LogP contribution in [-0.2, 0) is 13.1 Å². The van der Waals surface area contributed by atoms with E-state index in [0.717, 1.165) is 6.54 Å². The Kier molecular flexibility index (Phi) is 14.5. The van der Waals surface area contributed by atoms with Crippen molar-refractivity contribution < 1.29 is 4.57 Å². The van der Waals surface area contributed by atoms with Crippen LogP contribution in [0, 0.1) is 0 Å². The minimum absolute atomic E-state index is 0.608. The van der Waals surface area contributed by atoms with E-state index in [1.807, 2.05) is 0 Å². The number of imidazole rings is 1. The van der Waals surface area contributed by atoms with Crippen LogP contribution < -0.4 is 4.57 Å². The zero-order chi connectivity index (χ0) is 19.7. The molecule has 0 bridgehead atoms. The summed E-state index contributed by atoms with van der Waals surface area (Å²) in [5.74, 6) is 2.10. The molecule has 2 heteroatoms. The van der Waals surface area contributed by atoms with Gasteiger partial charge in [0, 0.05) is 0 Å². The average molecular weight is 378 g/mol. The van der Waals surface area contributed by atoms with E-state index in [0.29, 0.717) is 5.92 Å². The van der Waals surface area contributed by atoms with Crippen LogP contribution >= 0.6 is 0 Å². The maximum absolute atomic E-state index is 2.48. The Morgan fingerprint density at radius 2 is 1.15 bits per heavy atom. The van der Waals surface area contributed by atoms with Crippen LogP contribution in [0.15, 0.2) is 12.4 Å². The Hall–Kier alpha value is -0.790. The lowest BCUT2D eigenvalue weighted by Gasteiger charge is -2.07. The first-order valence-corrected chi connectivity index (χ1v) is 12.3. The smallest absolute Gasteiger partial charge is 0.234 e. The van der Waals surface area contributed by atoms with E-state index in [2.05, 4.69) is 49.2 Å². The lowest BCUT2D eigenvalue weighted by molar-refractivity contribution is -0.705. The van der Waals surface area contributed by atoms with Crippen molar-refractivity contribution in [2.24, 2.45) is 0 Å². The SMILES string of the molecule is CCCCCCCCCCCCCCCCC[n+]1ccn(CC)c1C(C)C. The zero-order valence-electron chi connectivity index (χ0n) is 19.1. The number of hydrogen-bond donors (Lipinski definition) is 0. The van der Waals surface area contributed by atoms with Gasteiger partial charge in [0.05, 0.1) is 19.0 Å². The maximum Gasteiger partial charge on any atom is 0.258 e. The molecule has 0 saturated heterocycles. The molecule has 0 amide bonds. The van der Waals surface area contributed by atoms with Gasteiger partial charge >= 0.3 is 0 Å². The van der Waals surface area contributed by atoms with E-state index >= 15 is 0 Å². The highest BCUT2D eigenvalue weighted by Gasteiger charge is 2.18. The van der Waals surface area contributed by atoms with Gasteiger partial charge in [0.2, 0.25) is 0 Å². The summed E-state index contributed by atoms with van der Waals surface area (Å²) in [6.07, 6.45) is 26.1. The number of aryl methyl sites for hydroxylation is 2. The summed E-state index contributed by atoms with van der Waals surface area (Å²) in [5, 5.41) is 0. The van der Waals surface area contributed by atoms with E-state index in [9.17, 15) is 0 Å². The topological polar surface area (TPSA) is 8.81 Å². The normalized spacial score (nSPS) is 11.6. The van der Waals surface area contributed by atoms with Gasteiger partial charge in [-0.2, -0.15) is 0 Å². The highest BCUT2D eigenvalue weighted by Crippen LogP contribution is 2.14. The third-order valence-corrected chi connectivity index (χ3v) is 5.87. The van der Waals surface area contributed by atoms with Crippen molar-refractivity contribution in [3.8, 4) is 0 Å². The molecule has 0 spiro atoms. The summed E-state index contributed by atoms with van der Waals surface area (Å²) in [6.45, 7) is 11.4. The highest BCUT2D eigenvalue weighted by atomic mass is 15.1. The molecule has 0 aliphatic heterocycles. The number of nitrogens with zero attached hydrogens (tertiary/aromatic N) is 2. The fraction of sp³-hybridized carbons (Fsp3) is 0.880. The van der Waals surface area contributed by atoms with Crippen LogP contribution in [0.4, 0.5) is 0 Å². The molecule has 158 valence electrons. The number of rotatable bonds is 18. The van der Waals surface area contributed by atoms with Crippen LogP contribution in [0.3, 0.4) is 0 Å². The van der Waals surface area contributed by atoms with Crippen LogP contribution in [0.1, 0.15) is 136 Å². The summed E-state index contributed by atoms with van der Waals surface area (Å²) in [5.41, 5.74) is 0. The minimum atomic E-state index is 0.608.